The van der Waals surface area contributed by atoms with Gasteiger partial charge in [-0.1, -0.05) is 25.1 Å². The van der Waals surface area contributed by atoms with Crippen molar-refractivity contribution in [2.75, 3.05) is 7.11 Å². The minimum Gasteiger partial charge on any atom is -0.450 e. The van der Waals surface area contributed by atoms with Crippen LogP contribution >= 0.6 is 33.9 Å². The van der Waals surface area contributed by atoms with E-state index in [0.717, 1.165) is 15.4 Å². The molecule has 1 aromatic carbocycles. The summed E-state index contributed by atoms with van der Waals surface area (Å²) >= 11 is 3.73. The molecule has 0 radical (unpaired) electrons. The fourth-order valence-corrected chi connectivity index (χ4v) is 4.10. The van der Waals surface area contributed by atoms with Gasteiger partial charge in [-0.15, -0.1) is 11.3 Å². The van der Waals surface area contributed by atoms with Crippen molar-refractivity contribution in [3.63, 3.8) is 0 Å². The molecule has 0 amide bonds. The van der Waals surface area contributed by atoms with Crippen LogP contribution in [0.4, 0.5) is 0 Å². The van der Waals surface area contributed by atoms with Gasteiger partial charge in [0.1, 0.15) is 6.11 Å². The lowest BCUT2D eigenvalue weighted by molar-refractivity contribution is 0.105. The van der Waals surface area contributed by atoms with Gasteiger partial charge in [-0.25, -0.2) is 0 Å². The Hall–Kier alpha value is -1.06. The van der Waals surface area contributed by atoms with Gasteiger partial charge in [-0.05, 0) is 34.6 Å². The van der Waals surface area contributed by atoms with E-state index in [1.807, 2.05) is 12.1 Å². The van der Waals surface area contributed by atoms with E-state index in [1.165, 1.54) is 28.7 Å². The first kappa shape index (κ1) is 13.4. The SMILES string of the molecule is CCc1cccc2c(I)c(C(=O)C#COC)sc12. The maximum absolute atomic E-state index is 11.9. The zero-order valence-corrected chi connectivity index (χ0v) is 13.0. The lowest BCUT2D eigenvalue weighted by Crippen LogP contribution is -1.93. The summed E-state index contributed by atoms with van der Waals surface area (Å²) in [4.78, 5) is 12.7. The molecule has 0 saturated carbocycles. The molecule has 0 aliphatic rings. The Bertz CT molecular complexity index is 661. The van der Waals surface area contributed by atoms with E-state index < -0.39 is 0 Å². The summed E-state index contributed by atoms with van der Waals surface area (Å²) in [5.74, 6) is 2.31. The third kappa shape index (κ3) is 2.38. The molecule has 0 N–H and O–H groups in total. The highest BCUT2D eigenvalue weighted by molar-refractivity contribution is 14.1. The maximum Gasteiger partial charge on any atom is 0.250 e. The fraction of sp³-hybridized carbons (Fsp3) is 0.214. The average Bonchev–Trinajstić information content (AvgIpc) is 2.73. The zero-order chi connectivity index (χ0) is 13.1. The highest BCUT2D eigenvalue weighted by atomic mass is 127. The van der Waals surface area contributed by atoms with Gasteiger partial charge < -0.3 is 4.74 Å². The van der Waals surface area contributed by atoms with Crippen molar-refractivity contribution in [3.05, 3.63) is 32.2 Å². The molecule has 2 rings (SSSR count). The summed E-state index contributed by atoms with van der Waals surface area (Å²) in [6.45, 7) is 2.12. The first-order valence-electron chi connectivity index (χ1n) is 5.47. The van der Waals surface area contributed by atoms with Crippen LogP contribution in [0.3, 0.4) is 0 Å². The van der Waals surface area contributed by atoms with Crippen LogP contribution in [-0.4, -0.2) is 12.9 Å². The third-order valence-corrected chi connectivity index (χ3v) is 5.36. The number of carbonyl (C=O) groups excluding carboxylic acids is 1. The van der Waals surface area contributed by atoms with Gasteiger partial charge in [-0.3, -0.25) is 4.79 Å². The number of methoxy groups -OCH3 is 1. The molecular formula is C14H11IO2S. The molecule has 0 saturated heterocycles. The van der Waals surface area contributed by atoms with Crippen LogP contribution in [0.1, 0.15) is 22.2 Å². The van der Waals surface area contributed by atoms with Crippen molar-refractivity contribution < 1.29 is 9.53 Å². The predicted molar refractivity (Wildman–Crippen MR) is 83.0 cm³/mol. The van der Waals surface area contributed by atoms with Crippen molar-refractivity contribution in [2.45, 2.75) is 13.3 Å². The molecule has 0 fully saturated rings. The normalized spacial score (nSPS) is 9.94. The Labute approximate surface area is 123 Å². The number of thiophene rings is 1. The van der Waals surface area contributed by atoms with Crippen LogP contribution in [0.5, 0.6) is 0 Å². The van der Waals surface area contributed by atoms with Crippen molar-refractivity contribution in [1.29, 1.82) is 0 Å². The molecule has 1 aromatic heterocycles. The minimum absolute atomic E-state index is 0.176. The molecule has 0 atom stereocenters. The standard InChI is InChI=1S/C14H11IO2S/c1-3-9-5-4-6-10-12(15)14(18-13(9)10)11(16)7-8-17-2/h4-6H,3H2,1-2H3. The number of ketones is 1. The molecule has 4 heteroatoms. The van der Waals surface area contributed by atoms with Crippen LogP contribution in [0.2, 0.25) is 0 Å². The second-order valence-corrected chi connectivity index (χ2v) is 5.75. The molecule has 1 heterocycles. The Kier molecular flexibility index (Phi) is 4.25. The predicted octanol–water partition coefficient (Wildman–Crippen LogP) is 3.86. The van der Waals surface area contributed by atoms with Crippen molar-refractivity contribution in [2.24, 2.45) is 0 Å². The number of hydrogen-bond donors (Lipinski definition) is 0. The molecule has 0 bridgehead atoms. The molecular weight excluding hydrogens is 359 g/mol. The summed E-state index contributed by atoms with van der Waals surface area (Å²) in [6.07, 6.45) is 3.31. The van der Waals surface area contributed by atoms with E-state index in [-0.39, 0.29) is 5.78 Å². The summed E-state index contributed by atoms with van der Waals surface area (Å²) in [6, 6.07) is 6.18. The van der Waals surface area contributed by atoms with Crippen molar-refractivity contribution in [3.8, 4) is 12.0 Å². The number of rotatable bonds is 2. The Morgan fingerprint density at radius 2 is 2.28 bits per heavy atom. The van der Waals surface area contributed by atoms with Gasteiger partial charge in [0.05, 0.1) is 12.0 Å². The summed E-state index contributed by atoms with van der Waals surface area (Å²) in [5.41, 5.74) is 1.27. The highest BCUT2D eigenvalue weighted by Crippen LogP contribution is 2.35. The monoisotopic (exact) mass is 370 g/mol. The summed E-state index contributed by atoms with van der Waals surface area (Å²) < 4.78 is 6.78. The number of fused-ring (bicyclic) bond motifs is 1. The largest absolute Gasteiger partial charge is 0.450 e. The quantitative estimate of drug-likeness (QED) is 0.456. The Balaban J connectivity index is 2.60. The maximum atomic E-state index is 11.9. The molecule has 92 valence electrons. The number of Topliss-reactive ketones (excluding diaryl/α,β-unsaturated/α-hetero) is 1. The van der Waals surface area contributed by atoms with Gasteiger partial charge in [0.25, 0.3) is 0 Å². The van der Waals surface area contributed by atoms with Gasteiger partial charge in [0.15, 0.2) is 0 Å². The van der Waals surface area contributed by atoms with Crippen LogP contribution in [-0.2, 0) is 11.2 Å². The number of ether oxygens (including phenoxy) is 1. The molecule has 18 heavy (non-hydrogen) atoms. The highest BCUT2D eigenvalue weighted by Gasteiger charge is 2.16. The molecule has 0 aliphatic heterocycles. The lowest BCUT2D eigenvalue weighted by Gasteiger charge is -1.97. The van der Waals surface area contributed by atoms with E-state index in [1.54, 1.807) is 0 Å². The van der Waals surface area contributed by atoms with Gasteiger partial charge >= 0.3 is 0 Å². The first-order valence-corrected chi connectivity index (χ1v) is 7.36. The van der Waals surface area contributed by atoms with Crippen LogP contribution in [0, 0.1) is 15.6 Å². The third-order valence-electron chi connectivity index (χ3n) is 2.59. The van der Waals surface area contributed by atoms with Crippen molar-refractivity contribution in [1.82, 2.24) is 0 Å². The molecule has 2 aromatic rings. The van der Waals surface area contributed by atoms with Crippen LogP contribution in [0.25, 0.3) is 10.1 Å². The van der Waals surface area contributed by atoms with Crippen LogP contribution in [0.15, 0.2) is 18.2 Å². The smallest absolute Gasteiger partial charge is 0.250 e. The van der Waals surface area contributed by atoms with Gasteiger partial charge in [-0.2, -0.15) is 0 Å². The topological polar surface area (TPSA) is 26.3 Å². The zero-order valence-electron chi connectivity index (χ0n) is 10.0. The van der Waals surface area contributed by atoms with E-state index in [4.69, 9.17) is 0 Å². The Morgan fingerprint density at radius 1 is 1.50 bits per heavy atom. The van der Waals surface area contributed by atoms with E-state index in [0.29, 0.717) is 4.88 Å². The molecule has 2 nitrogen and oxygen atoms in total. The molecule has 0 unspecified atom stereocenters. The van der Waals surface area contributed by atoms with Crippen molar-refractivity contribution >= 4 is 49.8 Å². The van der Waals surface area contributed by atoms with Gasteiger partial charge in [0.2, 0.25) is 5.78 Å². The van der Waals surface area contributed by atoms with E-state index >= 15 is 0 Å². The summed E-state index contributed by atoms with van der Waals surface area (Å²) in [7, 11) is 1.45. The number of benzene rings is 1. The molecule has 0 aliphatic carbocycles. The number of carbonyl (C=O) groups is 1. The second kappa shape index (κ2) is 5.72. The number of aryl methyl sites for hydroxylation is 1. The Morgan fingerprint density at radius 3 is 2.94 bits per heavy atom. The first-order chi connectivity index (χ1) is 8.69. The number of hydrogen-bond acceptors (Lipinski definition) is 3. The van der Waals surface area contributed by atoms with Crippen LogP contribution < -0.4 is 0 Å². The summed E-state index contributed by atoms with van der Waals surface area (Å²) in [5, 5.41) is 1.14. The van der Waals surface area contributed by atoms with E-state index in [9.17, 15) is 4.79 Å². The van der Waals surface area contributed by atoms with Gasteiger partial charge in [0, 0.05) is 19.6 Å². The second-order valence-electron chi connectivity index (χ2n) is 3.65. The fourth-order valence-electron chi connectivity index (χ4n) is 1.73. The van der Waals surface area contributed by atoms with E-state index in [2.05, 4.69) is 52.3 Å². The number of halogens is 1. The minimum atomic E-state index is -0.176. The lowest BCUT2D eigenvalue weighted by atomic mass is 10.1. The average molecular weight is 370 g/mol. The molecule has 0 spiro atoms.